The van der Waals surface area contributed by atoms with E-state index in [9.17, 15) is 56.2 Å². The molecule has 0 aliphatic carbocycles. The van der Waals surface area contributed by atoms with E-state index >= 15 is 0 Å². The van der Waals surface area contributed by atoms with Crippen LogP contribution in [0.25, 0.3) is 0 Å². The van der Waals surface area contributed by atoms with E-state index in [1.807, 2.05) is 0 Å². The fraction of sp³-hybridized carbons (Fsp3) is 1.00. The molecule has 3 fully saturated rings. The molecular formula is C18H32O16. The zero-order chi connectivity index (χ0) is 25.5. The van der Waals surface area contributed by atoms with E-state index in [0.29, 0.717) is 0 Å². The van der Waals surface area contributed by atoms with E-state index in [1.165, 1.54) is 0 Å². The van der Waals surface area contributed by atoms with Gasteiger partial charge in [-0.25, -0.2) is 0 Å². The number of hydrogen-bond acceptors (Lipinski definition) is 16. The van der Waals surface area contributed by atoms with E-state index in [4.69, 9.17) is 23.7 Å². The smallest absolute Gasteiger partial charge is 0.222 e. The van der Waals surface area contributed by atoms with Gasteiger partial charge in [0, 0.05) is 0 Å². The highest BCUT2D eigenvalue weighted by molar-refractivity contribution is 5.02. The predicted molar refractivity (Wildman–Crippen MR) is 101 cm³/mol. The third-order valence-corrected chi connectivity index (χ3v) is 6.34. The van der Waals surface area contributed by atoms with Gasteiger partial charge in [0.1, 0.15) is 74.8 Å². The van der Waals surface area contributed by atoms with Gasteiger partial charge in [0.2, 0.25) is 17.4 Å². The zero-order valence-electron chi connectivity index (χ0n) is 17.9. The summed E-state index contributed by atoms with van der Waals surface area (Å²) in [5, 5.41) is 109. The molecule has 3 heterocycles. The van der Waals surface area contributed by atoms with E-state index in [-0.39, 0.29) is 0 Å². The predicted octanol–water partition coefficient (Wildman–Crippen LogP) is -7.57. The van der Waals surface area contributed by atoms with Gasteiger partial charge in [-0.05, 0) is 0 Å². The first-order valence-corrected chi connectivity index (χ1v) is 10.5. The fourth-order valence-electron chi connectivity index (χ4n) is 4.17. The number of aliphatic hydroxyl groups is 11. The lowest BCUT2D eigenvalue weighted by Gasteiger charge is -2.38. The first kappa shape index (κ1) is 27.9. The molecule has 16 nitrogen and oxygen atoms in total. The maximum absolute atomic E-state index is 10.6. The Morgan fingerprint density at radius 1 is 0.559 bits per heavy atom. The van der Waals surface area contributed by atoms with Crippen molar-refractivity contribution in [3.8, 4) is 0 Å². The Balaban J connectivity index is 1.82. The van der Waals surface area contributed by atoms with Crippen molar-refractivity contribution in [2.24, 2.45) is 0 Å². The van der Waals surface area contributed by atoms with Gasteiger partial charge in [-0.1, -0.05) is 0 Å². The zero-order valence-corrected chi connectivity index (χ0v) is 17.9. The van der Waals surface area contributed by atoms with Crippen LogP contribution in [0.4, 0.5) is 0 Å². The van der Waals surface area contributed by atoms with Crippen molar-refractivity contribution >= 4 is 0 Å². The van der Waals surface area contributed by atoms with Crippen LogP contribution in [0.15, 0.2) is 0 Å². The molecule has 0 unspecified atom stereocenters. The molecule has 3 rings (SSSR count). The van der Waals surface area contributed by atoms with E-state index in [0.717, 1.165) is 0 Å². The SMILES string of the molecule is OC[C@H]1O[C@@](CO)(OC[C@@]2(OC[C@@]3(O)O[C@H](CO)[C@@H](O)[C@@H]3O)O[C@H](CO)[C@@H](O)[C@@H]2O)[C@@H](O)[C@@H]1O. The van der Waals surface area contributed by atoms with Crippen molar-refractivity contribution in [2.45, 2.75) is 72.3 Å². The van der Waals surface area contributed by atoms with Crippen LogP contribution in [0.5, 0.6) is 0 Å². The first-order valence-electron chi connectivity index (χ1n) is 10.5. The van der Waals surface area contributed by atoms with Crippen LogP contribution < -0.4 is 0 Å². The molecule has 0 aromatic rings. The molecule has 3 aliphatic rings. The van der Waals surface area contributed by atoms with Gasteiger partial charge in [-0.3, -0.25) is 0 Å². The molecule has 0 amide bonds. The van der Waals surface area contributed by atoms with Crippen molar-refractivity contribution in [1.82, 2.24) is 0 Å². The minimum absolute atomic E-state index is 0.744. The van der Waals surface area contributed by atoms with Crippen molar-refractivity contribution in [2.75, 3.05) is 39.6 Å². The Morgan fingerprint density at radius 2 is 0.971 bits per heavy atom. The van der Waals surface area contributed by atoms with Crippen molar-refractivity contribution in [3.05, 3.63) is 0 Å². The Bertz CT molecular complexity index is 684. The highest BCUT2D eigenvalue weighted by Crippen LogP contribution is 2.39. The van der Waals surface area contributed by atoms with Gasteiger partial charge < -0.3 is 79.9 Å². The third kappa shape index (κ3) is 4.59. The average Bonchev–Trinajstić information content (AvgIpc) is 3.33. The van der Waals surface area contributed by atoms with Crippen LogP contribution >= 0.6 is 0 Å². The van der Waals surface area contributed by atoms with Crippen LogP contribution in [0.2, 0.25) is 0 Å². The Labute approximate surface area is 192 Å². The number of aliphatic hydroxyl groups excluding tert-OH is 10. The number of rotatable bonds is 10. The van der Waals surface area contributed by atoms with Gasteiger partial charge in [-0.2, -0.15) is 0 Å². The van der Waals surface area contributed by atoms with Gasteiger partial charge >= 0.3 is 0 Å². The molecule has 12 atom stereocenters. The maximum atomic E-state index is 10.6. The molecule has 34 heavy (non-hydrogen) atoms. The summed E-state index contributed by atoms with van der Waals surface area (Å²) in [6, 6.07) is 0. The topological polar surface area (TPSA) is 269 Å². The molecule has 0 aromatic heterocycles. The summed E-state index contributed by atoms with van der Waals surface area (Å²) in [4.78, 5) is 0. The first-order chi connectivity index (χ1) is 15.9. The molecule has 0 saturated carbocycles. The fourth-order valence-corrected chi connectivity index (χ4v) is 4.17. The lowest BCUT2D eigenvalue weighted by atomic mass is 10.0. The molecule has 0 radical (unpaired) electrons. The van der Waals surface area contributed by atoms with Gasteiger partial charge in [0.25, 0.3) is 0 Å². The average molecular weight is 504 g/mol. The monoisotopic (exact) mass is 504 g/mol. The quantitative estimate of drug-likeness (QED) is 0.132. The highest BCUT2D eigenvalue weighted by Gasteiger charge is 2.62. The second-order valence-electron chi connectivity index (χ2n) is 8.53. The third-order valence-electron chi connectivity index (χ3n) is 6.34. The van der Waals surface area contributed by atoms with Gasteiger partial charge in [0.05, 0.1) is 19.8 Å². The molecule has 0 spiro atoms. The standard InChI is InChI=1S/C18H32O16/c19-1-7-10(23)13(26)16(29,32-7)5-30-18(15(28)12(25)9(3-21)34-18)6-31-17(4-22)14(27)11(24)8(2-20)33-17/h7-15,19-29H,1-6H2/t7-,8-,9-,10-,11-,12-,13+,14+,15+,16-,17-,18-/m1/s1. The van der Waals surface area contributed by atoms with Crippen LogP contribution in [0.1, 0.15) is 0 Å². The highest BCUT2D eigenvalue weighted by atomic mass is 16.8. The number of ether oxygens (including phenoxy) is 5. The molecular weight excluding hydrogens is 472 g/mol. The van der Waals surface area contributed by atoms with Crippen molar-refractivity contribution < 1.29 is 79.9 Å². The van der Waals surface area contributed by atoms with E-state index < -0.39 is 112 Å². The minimum atomic E-state index is -2.61. The van der Waals surface area contributed by atoms with Crippen LogP contribution in [0, 0.1) is 0 Å². The van der Waals surface area contributed by atoms with Crippen LogP contribution in [-0.2, 0) is 23.7 Å². The molecule has 200 valence electrons. The van der Waals surface area contributed by atoms with Gasteiger partial charge in [-0.15, -0.1) is 0 Å². The summed E-state index contributed by atoms with van der Waals surface area (Å²) < 4.78 is 26.6. The molecule has 3 saturated heterocycles. The minimum Gasteiger partial charge on any atom is -0.394 e. The summed E-state index contributed by atoms with van der Waals surface area (Å²) in [6.07, 6.45) is -15.1. The second-order valence-corrected chi connectivity index (χ2v) is 8.53. The molecule has 3 aliphatic heterocycles. The lowest BCUT2D eigenvalue weighted by molar-refractivity contribution is -0.359. The lowest BCUT2D eigenvalue weighted by Crippen LogP contribution is -2.57. The summed E-state index contributed by atoms with van der Waals surface area (Å²) in [5.41, 5.74) is 0. The van der Waals surface area contributed by atoms with Gasteiger partial charge in [0.15, 0.2) is 0 Å². The summed E-state index contributed by atoms with van der Waals surface area (Å²) in [5.74, 6) is -7.37. The summed E-state index contributed by atoms with van der Waals surface area (Å²) in [6.45, 7) is -5.33. The summed E-state index contributed by atoms with van der Waals surface area (Å²) in [7, 11) is 0. The van der Waals surface area contributed by atoms with E-state index in [2.05, 4.69) is 0 Å². The van der Waals surface area contributed by atoms with Crippen molar-refractivity contribution in [1.29, 1.82) is 0 Å². The number of hydrogen-bond donors (Lipinski definition) is 11. The van der Waals surface area contributed by atoms with Crippen LogP contribution in [-0.4, -0.2) is 168 Å². The molecule has 0 bridgehead atoms. The Morgan fingerprint density at radius 3 is 1.41 bits per heavy atom. The Kier molecular flexibility index (Phi) is 8.53. The Hall–Kier alpha value is -0.640. The van der Waals surface area contributed by atoms with Crippen molar-refractivity contribution in [3.63, 3.8) is 0 Å². The molecule has 0 aromatic carbocycles. The maximum Gasteiger partial charge on any atom is 0.222 e. The molecule has 16 heteroatoms. The summed E-state index contributed by atoms with van der Waals surface area (Å²) >= 11 is 0. The molecule has 11 N–H and O–H groups in total. The van der Waals surface area contributed by atoms with E-state index in [1.54, 1.807) is 0 Å². The van der Waals surface area contributed by atoms with Crippen LogP contribution in [0.3, 0.4) is 0 Å². The normalized spacial score (nSPS) is 51.4. The second kappa shape index (κ2) is 10.4. The largest absolute Gasteiger partial charge is 0.394 e.